The van der Waals surface area contributed by atoms with Crippen LogP contribution in [0.4, 0.5) is 5.69 Å². The Labute approximate surface area is 175 Å². The highest BCUT2D eigenvalue weighted by atomic mass is 79.9. The third kappa shape index (κ3) is 6.09. The third-order valence-electron chi connectivity index (χ3n) is 4.36. The molecule has 0 aliphatic carbocycles. The zero-order valence-corrected chi connectivity index (χ0v) is 18.1. The Morgan fingerprint density at radius 1 is 1.11 bits per heavy atom. The summed E-state index contributed by atoms with van der Waals surface area (Å²) in [5, 5.41) is 5.76. The summed E-state index contributed by atoms with van der Waals surface area (Å²) >= 11 is 3.46. The molecule has 2 amide bonds. The predicted molar refractivity (Wildman–Crippen MR) is 116 cm³/mol. The Hall–Kier alpha value is -2.34. The minimum absolute atomic E-state index is 0.0625. The number of carbonyl (C=O) groups is 2. The lowest BCUT2D eigenvalue weighted by Gasteiger charge is -2.15. The molecular formula is C22H27BrN2O3. The molecule has 0 saturated heterocycles. The molecule has 1 unspecified atom stereocenters. The molecule has 0 spiro atoms. The van der Waals surface area contributed by atoms with Crippen LogP contribution in [0.5, 0.6) is 5.75 Å². The molecule has 0 saturated carbocycles. The van der Waals surface area contributed by atoms with Crippen LogP contribution in [0.15, 0.2) is 46.9 Å². The van der Waals surface area contributed by atoms with Crippen molar-refractivity contribution in [2.75, 3.05) is 11.9 Å². The monoisotopic (exact) mass is 446 g/mol. The highest BCUT2D eigenvalue weighted by Crippen LogP contribution is 2.27. The lowest BCUT2D eigenvalue weighted by atomic mass is 10.1. The second kappa shape index (κ2) is 10.9. The molecular weight excluding hydrogens is 420 g/mol. The molecule has 0 bridgehead atoms. The number of nitrogens with one attached hydrogen (secondary N) is 2. The van der Waals surface area contributed by atoms with Gasteiger partial charge in [-0.1, -0.05) is 32.4 Å². The Kier molecular flexibility index (Phi) is 8.51. The van der Waals surface area contributed by atoms with Crippen molar-refractivity contribution in [1.82, 2.24) is 5.32 Å². The van der Waals surface area contributed by atoms with E-state index >= 15 is 0 Å². The Balaban J connectivity index is 2.13. The maximum atomic E-state index is 12.7. The molecule has 2 rings (SSSR count). The summed E-state index contributed by atoms with van der Waals surface area (Å²) in [5.41, 5.74) is 1.40. The maximum absolute atomic E-state index is 12.7. The van der Waals surface area contributed by atoms with E-state index in [1.54, 1.807) is 42.5 Å². The van der Waals surface area contributed by atoms with Crippen molar-refractivity contribution < 1.29 is 14.3 Å². The van der Waals surface area contributed by atoms with E-state index in [0.717, 1.165) is 23.7 Å². The van der Waals surface area contributed by atoms with Crippen molar-refractivity contribution in [2.45, 2.75) is 46.1 Å². The van der Waals surface area contributed by atoms with Gasteiger partial charge in [-0.05, 0) is 66.0 Å². The van der Waals surface area contributed by atoms with Crippen molar-refractivity contribution in [3.05, 3.63) is 58.1 Å². The van der Waals surface area contributed by atoms with E-state index in [4.69, 9.17) is 4.74 Å². The van der Waals surface area contributed by atoms with E-state index in [1.807, 2.05) is 13.8 Å². The molecule has 2 aromatic carbocycles. The van der Waals surface area contributed by atoms with Gasteiger partial charge >= 0.3 is 0 Å². The van der Waals surface area contributed by atoms with Gasteiger partial charge in [0.2, 0.25) is 0 Å². The first-order chi connectivity index (χ1) is 13.5. The summed E-state index contributed by atoms with van der Waals surface area (Å²) in [6.07, 6.45) is 2.87. The number of carbonyl (C=O) groups excluding carboxylic acids is 2. The van der Waals surface area contributed by atoms with Crippen molar-refractivity contribution in [2.24, 2.45) is 0 Å². The van der Waals surface area contributed by atoms with Gasteiger partial charge in [0.25, 0.3) is 11.8 Å². The van der Waals surface area contributed by atoms with Crippen LogP contribution < -0.4 is 15.4 Å². The van der Waals surface area contributed by atoms with Gasteiger partial charge in [-0.25, -0.2) is 0 Å². The second-order valence-corrected chi connectivity index (χ2v) is 7.48. The van der Waals surface area contributed by atoms with Crippen LogP contribution in [0.2, 0.25) is 0 Å². The molecule has 2 aromatic rings. The molecule has 0 fully saturated rings. The Bertz CT molecular complexity index is 823. The first-order valence-electron chi connectivity index (χ1n) is 9.59. The number of rotatable bonds is 9. The molecule has 1 atom stereocenters. The van der Waals surface area contributed by atoms with Gasteiger partial charge < -0.3 is 15.4 Å². The van der Waals surface area contributed by atoms with Crippen LogP contribution in [0.3, 0.4) is 0 Å². The number of amides is 2. The number of unbranched alkanes of at least 4 members (excludes halogenated alkanes) is 1. The zero-order valence-electron chi connectivity index (χ0n) is 16.5. The lowest BCUT2D eigenvalue weighted by molar-refractivity contribution is 0.0940. The van der Waals surface area contributed by atoms with Crippen LogP contribution >= 0.6 is 15.9 Å². The molecule has 28 heavy (non-hydrogen) atoms. The SMILES string of the molecule is CCCCOc1ccc(C(=O)Nc2ccccc2C(=O)NC(C)CC)cc1Br. The fraction of sp³-hybridized carbons (Fsp3) is 0.364. The average Bonchev–Trinajstić information content (AvgIpc) is 2.69. The summed E-state index contributed by atoms with van der Waals surface area (Å²) in [6.45, 7) is 6.69. The maximum Gasteiger partial charge on any atom is 0.255 e. The molecule has 0 aromatic heterocycles. The summed E-state index contributed by atoms with van der Waals surface area (Å²) in [4.78, 5) is 25.2. The number of para-hydroxylation sites is 1. The van der Waals surface area contributed by atoms with Gasteiger partial charge in [0.15, 0.2) is 0 Å². The van der Waals surface area contributed by atoms with Crippen LogP contribution in [0, 0.1) is 0 Å². The van der Waals surface area contributed by atoms with Gasteiger partial charge in [0.1, 0.15) is 5.75 Å². The number of hydrogen-bond acceptors (Lipinski definition) is 3. The van der Waals surface area contributed by atoms with Gasteiger partial charge in [0.05, 0.1) is 22.3 Å². The van der Waals surface area contributed by atoms with Crippen LogP contribution in [-0.2, 0) is 0 Å². The largest absolute Gasteiger partial charge is 0.492 e. The third-order valence-corrected chi connectivity index (χ3v) is 4.98. The van der Waals surface area contributed by atoms with Crippen LogP contribution in [0.1, 0.15) is 60.7 Å². The fourth-order valence-corrected chi connectivity index (χ4v) is 2.97. The van der Waals surface area contributed by atoms with Crippen molar-refractivity contribution in [3.63, 3.8) is 0 Å². The number of hydrogen-bond donors (Lipinski definition) is 2. The summed E-state index contributed by atoms with van der Waals surface area (Å²) in [5.74, 6) is 0.217. The summed E-state index contributed by atoms with van der Waals surface area (Å²) in [6, 6.07) is 12.3. The quantitative estimate of drug-likeness (QED) is 0.506. The molecule has 5 nitrogen and oxygen atoms in total. The van der Waals surface area contributed by atoms with E-state index in [1.165, 1.54) is 0 Å². The fourth-order valence-electron chi connectivity index (χ4n) is 2.47. The van der Waals surface area contributed by atoms with Crippen LogP contribution in [-0.4, -0.2) is 24.5 Å². The van der Waals surface area contributed by atoms with E-state index < -0.39 is 0 Å². The summed E-state index contributed by atoms with van der Waals surface area (Å²) < 4.78 is 6.42. The Morgan fingerprint density at radius 2 is 1.86 bits per heavy atom. The van der Waals surface area contributed by atoms with Gasteiger partial charge in [-0.2, -0.15) is 0 Å². The highest BCUT2D eigenvalue weighted by Gasteiger charge is 2.16. The normalized spacial score (nSPS) is 11.6. The molecule has 6 heteroatoms. The minimum Gasteiger partial charge on any atom is -0.492 e. The second-order valence-electron chi connectivity index (χ2n) is 6.63. The molecule has 2 N–H and O–H groups in total. The number of anilines is 1. The van der Waals surface area contributed by atoms with Crippen LogP contribution in [0.25, 0.3) is 0 Å². The molecule has 150 valence electrons. The van der Waals surface area contributed by atoms with E-state index in [2.05, 4.69) is 33.5 Å². The van der Waals surface area contributed by atoms with Crippen molar-refractivity contribution in [3.8, 4) is 5.75 Å². The summed E-state index contributed by atoms with van der Waals surface area (Å²) in [7, 11) is 0. The van der Waals surface area contributed by atoms with E-state index in [-0.39, 0.29) is 17.9 Å². The van der Waals surface area contributed by atoms with Crippen molar-refractivity contribution in [1.29, 1.82) is 0 Å². The number of benzene rings is 2. The first kappa shape index (κ1) is 22.0. The predicted octanol–water partition coefficient (Wildman–Crippen LogP) is 5.41. The standard InChI is InChI=1S/C22H27BrN2O3/c1-4-6-13-28-20-12-11-16(14-18(20)23)21(26)25-19-10-8-7-9-17(19)22(27)24-15(3)5-2/h7-12,14-15H,4-6,13H2,1-3H3,(H,24,27)(H,25,26). The van der Waals surface area contributed by atoms with Gasteiger partial charge in [0, 0.05) is 11.6 Å². The highest BCUT2D eigenvalue weighted by molar-refractivity contribution is 9.10. The topological polar surface area (TPSA) is 67.4 Å². The smallest absolute Gasteiger partial charge is 0.255 e. The molecule has 0 aliphatic rings. The van der Waals surface area contributed by atoms with E-state index in [0.29, 0.717) is 29.2 Å². The van der Waals surface area contributed by atoms with Crippen molar-refractivity contribution >= 4 is 33.4 Å². The van der Waals surface area contributed by atoms with E-state index in [9.17, 15) is 9.59 Å². The molecule has 0 aliphatic heterocycles. The van der Waals surface area contributed by atoms with Gasteiger partial charge in [-0.3, -0.25) is 9.59 Å². The first-order valence-corrected chi connectivity index (χ1v) is 10.4. The molecule has 0 heterocycles. The zero-order chi connectivity index (χ0) is 20.5. The lowest BCUT2D eigenvalue weighted by Crippen LogP contribution is -2.32. The number of ether oxygens (including phenoxy) is 1. The Morgan fingerprint density at radius 3 is 2.54 bits per heavy atom. The average molecular weight is 447 g/mol. The molecule has 0 radical (unpaired) electrons. The van der Waals surface area contributed by atoms with Gasteiger partial charge in [-0.15, -0.1) is 0 Å². The minimum atomic E-state index is -0.287. The number of halogens is 1.